The van der Waals surface area contributed by atoms with E-state index in [1.807, 2.05) is 5.43 Å². The predicted molar refractivity (Wildman–Crippen MR) is 63.7 cm³/mol. The van der Waals surface area contributed by atoms with Crippen molar-refractivity contribution in [3.05, 3.63) is 34.9 Å². The van der Waals surface area contributed by atoms with Gasteiger partial charge in [-0.2, -0.15) is 0 Å². The van der Waals surface area contributed by atoms with Crippen LogP contribution in [0.25, 0.3) is 0 Å². The van der Waals surface area contributed by atoms with Crippen LogP contribution in [0.15, 0.2) is 24.3 Å². The molecule has 0 aliphatic heterocycles. The van der Waals surface area contributed by atoms with Crippen LogP contribution in [0.5, 0.6) is 0 Å². The maximum absolute atomic E-state index is 11.5. The molecule has 1 aromatic rings. The van der Waals surface area contributed by atoms with Crippen LogP contribution in [0.1, 0.15) is 17.3 Å². The second-order valence-corrected chi connectivity index (χ2v) is 3.57. The van der Waals surface area contributed by atoms with E-state index in [-0.39, 0.29) is 6.61 Å². The minimum Gasteiger partial charge on any atom is -0.459 e. The van der Waals surface area contributed by atoms with Gasteiger partial charge in [0.1, 0.15) is 0 Å². The van der Waals surface area contributed by atoms with Gasteiger partial charge in [-0.05, 0) is 31.2 Å². The minimum absolute atomic E-state index is 0.0807. The molecule has 0 radical (unpaired) electrons. The molecule has 0 atom stereocenters. The van der Waals surface area contributed by atoms with Crippen molar-refractivity contribution in [1.82, 2.24) is 10.9 Å². The molecule has 0 aliphatic rings. The Labute approximate surface area is 108 Å². The van der Waals surface area contributed by atoms with Crippen molar-refractivity contribution in [3.63, 3.8) is 0 Å². The number of carbonyl (C=O) groups is 3. The van der Waals surface area contributed by atoms with Gasteiger partial charge in [0.15, 0.2) is 0 Å². The Morgan fingerprint density at radius 1 is 1.17 bits per heavy atom. The summed E-state index contributed by atoms with van der Waals surface area (Å²) < 4.78 is 4.44. The van der Waals surface area contributed by atoms with Crippen LogP contribution in [0.2, 0.25) is 5.02 Å². The number of nitrogens with one attached hydrogen (secondary N) is 2. The number of carbonyl (C=O) groups excluding carboxylic acids is 3. The van der Waals surface area contributed by atoms with Crippen LogP contribution in [0, 0.1) is 0 Å². The third kappa shape index (κ3) is 4.06. The molecule has 0 heterocycles. The molecule has 18 heavy (non-hydrogen) atoms. The normalized spacial score (nSPS) is 9.44. The second-order valence-electron chi connectivity index (χ2n) is 3.14. The predicted octanol–water partition coefficient (Wildman–Crippen LogP) is 0.664. The molecule has 0 aliphatic carbocycles. The van der Waals surface area contributed by atoms with E-state index >= 15 is 0 Å². The van der Waals surface area contributed by atoms with E-state index in [1.54, 1.807) is 6.92 Å². The van der Waals surface area contributed by atoms with Crippen LogP contribution in [-0.4, -0.2) is 24.4 Å². The highest BCUT2D eigenvalue weighted by molar-refractivity contribution is 6.32. The molecule has 0 saturated carbocycles. The van der Waals surface area contributed by atoms with Gasteiger partial charge in [0.25, 0.3) is 5.91 Å². The smallest absolute Gasteiger partial charge is 0.398 e. The Hall–Kier alpha value is -2.08. The number of hydrazine groups is 1. The van der Waals surface area contributed by atoms with Gasteiger partial charge in [0.2, 0.25) is 0 Å². The second kappa shape index (κ2) is 6.61. The lowest BCUT2D eigenvalue weighted by molar-refractivity contribution is -0.154. The highest BCUT2D eigenvalue weighted by Gasteiger charge is 2.15. The Balaban J connectivity index is 2.49. The lowest BCUT2D eigenvalue weighted by atomic mass is 10.2. The maximum atomic E-state index is 11.5. The lowest BCUT2D eigenvalue weighted by Crippen LogP contribution is -2.45. The number of amides is 2. The lowest BCUT2D eigenvalue weighted by Gasteiger charge is -2.06. The third-order valence-corrected chi connectivity index (χ3v) is 2.11. The Bertz CT molecular complexity index is 459. The SMILES string of the molecule is CCOC(=O)C(=O)NNC(=O)c1ccc(Cl)cc1. The maximum Gasteiger partial charge on any atom is 0.398 e. The number of halogens is 1. The van der Waals surface area contributed by atoms with E-state index in [2.05, 4.69) is 10.2 Å². The number of hydrogen-bond donors (Lipinski definition) is 2. The standard InChI is InChI=1S/C11H11ClN2O4/c1-2-18-11(17)10(16)14-13-9(15)7-3-5-8(12)6-4-7/h3-6H,2H2,1H3,(H,13,15)(H,14,16). The van der Waals surface area contributed by atoms with Crippen molar-refractivity contribution in [2.75, 3.05) is 6.61 Å². The first-order chi connectivity index (χ1) is 8.54. The van der Waals surface area contributed by atoms with E-state index in [1.165, 1.54) is 24.3 Å². The molecule has 0 saturated heterocycles. The fraction of sp³-hybridized carbons (Fsp3) is 0.182. The molecule has 7 heteroatoms. The summed E-state index contributed by atoms with van der Waals surface area (Å²) in [4.78, 5) is 33.6. The quantitative estimate of drug-likeness (QED) is 0.470. The zero-order valence-electron chi connectivity index (χ0n) is 9.53. The Kier molecular flexibility index (Phi) is 5.13. The summed E-state index contributed by atoms with van der Waals surface area (Å²) in [5.41, 5.74) is 4.30. The van der Waals surface area contributed by atoms with Gasteiger partial charge in [-0.15, -0.1) is 0 Å². The number of hydrogen-bond acceptors (Lipinski definition) is 4. The summed E-state index contributed by atoms with van der Waals surface area (Å²) in [5.74, 6) is -2.67. The average Bonchev–Trinajstić information content (AvgIpc) is 2.36. The van der Waals surface area contributed by atoms with Crippen molar-refractivity contribution in [1.29, 1.82) is 0 Å². The van der Waals surface area contributed by atoms with Crippen molar-refractivity contribution in [3.8, 4) is 0 Å². The Morgan fingerprint density at radius 3 is 2.33 bits per heavy atom. The van der Waals surface area contributed by atoms with Crippen LogP contribution >= 0.6 is 11.6 Å². The molecule has 6 nitrogen and oxygen atoms in total. The summed E-state index contributed by atoms with van der Waals surface area (Å²) in [6.07, 6.45) is 0. The number of ether oxygens (including phenoxy) is 1. The van der Waals surface area contributed by atoms with Gasteiger partial charge in [-0.3, -0.25) is 20.4 Å². The first-order valence-corrected chi connectivity index (χ1v) is 5.45. The number of rotatable bonds is 2. The first kappa shape index (κ1) is 14.0. The molecule has 0 bridgehead atoms. The average molecular weight is 271 g/mol. The van der Waals surface area contributed by atoms with Crippen LogP contribution in [0.4, 0.5) is 0 Å². The van der Waals surface area contributed by atoms with E-state index < -0.39 is 17.8 Å². The summed E-state index contributed by atoms with van der Waals surface area (Å²) in [5, 5.41) is 0.488. The molecule has 1 rings (SSSR count). The van der Waals surface area contributed by atoms with Crippen molar-refractivity contribution >= 4 is 29.4 Å². The van der Waals surface area contributed by atoms with Gasteiger partial charge in [0.05, 0.1) is 6.61 Å². The molecule has 1 aromatic carbocycles. The molecule has 96 valence electrons. The van der Waals surface area contributed by atoms with E-state index in [0.717, 1.165) is 0 Å². The summed E-state index contributed by atoms with van der Waals surface area (Å²) in [6, 6.07) is 6.02. The van der Waals surface area contributed by atoms with Crippen molar-refractivity contribution < 1.29 is 19.1 Å². The van der Waals surface area contributed by atoms with Gasteiger partial charge in [0, 0.05) is 10.6 Å². The number of esters is 1. The van der Waals surface area contributed by atoms with Crippen molar-refractivity contribution in [2.45, 2.75) is 6.92 Å². The van der Waals surface area contributed by atoms with E-state index in [4.69, 9.17) is 11.6 Å². The molecule has 0 unspecified atom stereocenters. The van der Waals surface area contributed by atoms with Crippen LogP contribution in [0.3, 0.4) is 0 Å². The zero-order valence-corrected chi connectivity index (χ0v) is 10.3. The molecule has 0 spiro atoms. The molecule has 2 N–H and O–H groups in total. The van der Waals surface area contributed by atoms with E-state index in [9.17, 15) is 14.4 Å². The van der Waals surface area contributed by atoms with Gasteiger partial charge in [-0.1, -0.05) is 11.6 Å². The van der Waals surface area contributed by atoms with Crippen LogP contribution in [-0.2, 0) is 14.3 Å². The topological polar surface area (TPSA) is 84.5 Å². The fourth-order valence-electron chi connectivity index (χ4n) is 1.03. The Morgan fingerprint density at radius 2 is 1.78 bits per heavy atom. The van der Waals surface area contributed by atoms with Crippen molar-refractivity contribution in [2.24, 2.45) is 0 Å². The summed E-state index contributed by atoms with van der Waals surface area (Å²) in [7, 11) is 0. The van der Waals surface area contributed by atoms with Gasteiger partial charge in [-0.25, -0.2) is 4.79 Å². The first-order valence-electron chi connectivity index (χ1n) is 5.07. The number of benzene rings is 1. The van der Waals surface area contributed by atoms with Crippen LogP contribution < -0.4 is 10.9 Å². The van der Waals surface area contributed by atoms with E-state index in [0.29, 0.717) is 10.6 Å². The summed E-state index contributed by atoms with van der Waals surface area (Å²) in [6.45, 7) is 1.65. The molecule has 2 amide bonds. The molecular weight excluding hydrogens is 260 g/mol. The highest BCUT2D eigenvalue weighted by Crippen LogP contribution is 2.08. The zero-order chi connectivity index (χ0) is 13.5. The highest BCUT2D eigenvalue weighted by atomic mass is 35.5. The van der Waals surface area contributed by atoms with Gasteiger partial charge >= 0.3 is 11.9 Å². The fourth-order valence-corrected chi connectivity index (χ4v) is 1.16. The third-order valence-electron chi connectivity index (χ3n) is 1.86. The minimum atomic E-state index is -1.06. The molecule has 0 fully saturated rings. The molecular formula is C11H11ClN2O4. The summed E-state index contributed by atoms with van der Waals surface area (Å²) >= 11 is 5.66. The van der Waals surface area contributed by atoms with Gasteiger partial charge < -0.3 is 4.74 Å². The largest absolute Gasteiger partial charge is 0.459 e. The molecule has 0 aromatic heterocycles. The monoisotopic (exact) mass is 270 g/mol.